The second-order valence-electron chi connectivity index (χ2n) is 6.64. The van der Waals surface area contributed by atoms with Gasteiger partial charge in [0.1, 0.15) is 18.0 Å². The second-order valence-corrected chi connectivity index (χ2v) is 6.64. The van der Waals surface area contributed by atoms with Gasteiger partial charge in [0, 0.05) is 23.4 Å². The van der Waals surface area contributed by atoms with Crippen molar-refractivity contribution in [2.75, 3.05) is 19.0 Å². The summed E-state index contributed by atoms with van der Waals surface area (Å²) in [5.41, 5.74) is 0.313. The van der Waals surface area contributed by atoms with E-state index in [0.29, 0.717) is 11.4 Å². The van der Waals surface area contributed by atoms with Crippen molar-refractivity contribution in [3.8, 4) is 11.5 Å². The molecule has 10 nitrogen and oxygen atoms in total. The number of esters is 1. The van der Waals surface area contributed by atoms with Gasteiger partial charge in [0.05, 0.1) is 17.6 Å². The molecule has 0 fully saturated rings. The molecule has 0 radical (unpaired) electrons. The first-order chi connectivity index (χ1) is 15.9. The van der Waals surface area contributed by atoms with Gasteiger partial charge in [-0.2, -0.15) is 0 Å². The van der Waals surface area contributed by atoms with E-state index < -0.39 is 22.7 Å². The lowest BCUT2D eigenvalue weighted by molar-refractivity contribution is -0.384. The third-order valence-electron chi connectivity index (χ3n) is 4.42. The molecular weight excluding hydrogens is 430 g/mol. The number of carbonyl (C=O) groups is 3. The van der Waals surface area contributed by atoms with Crippen LogP contribution < -0.4 is 15.4 Å². The Bertz CT molecular complexity index is 1180. The van der Waals surface area contributed by atoms with Crippen molar-refractivity contribution in [2.45, 2.75) is 0 Å². The van der Waals surface area contributed by atoms with Crippen LogP contribution in [-0.2, 0) is 9.53 Å². The zero-order valence-corrected chi connectivity index (χ0v) is 17.4. The summed E-state index contributed by atoms with van der Waals surface area (Å²) < 4.78 is 10.2. The van der Waals surface area contributed by atoms with Gasteiger partial charge >= 0.3 is 5.97 Å². The van der Waals surface area contributed by atoms with E-state index in [1.165, 1.54) is 43.5 Å². The zero-order valence-electron chi connectivity index (χ0n) is 17.4. The van der Waals surface area contributed by atoms with E-state index in [1.807, 2.05) is 0 Å². The van der Waals surface area contributed by atoms with Crippen molar-refractivity contribution in [1.82, 2.24) is 5.32 Å². The van der Waals surface area contributed by atoms with E-state index in [0.717, 1.165) is 6.07 Å². The molecular formula is C23H19N3O7. The Balaban J connectivity index is 1.77. The molecule has 2 amide bonds. The Morgan fingerprint density at radius 1 is 0.939 bits per heavy atom. The Morgan fingerprint density at radius 2 is 1.64 bits per heavy atom. The fourth-order valence-electron chi connectivity index (χ4n) is 2.74. The number of nitro benzene ring substituents is 1. The van der Waals surface area contributed by atoms with E-state index in [9.17, 15) is 24.5 Å². The molecule has 33 heavy (non-hydrogen) atoms. The Hall–Kier alpha value is -4.73. The van der Waals surface area contributed by atoms with Gasteiger partial charge in [-0.3, -0.25) is 24.5 Å². The lowest BCUT2D eigenvalue weighted by atomic mass is 10.1. The van der Waals surface area contributed by atoms with Gasteiger partial charge in [0.25, 0.3) is 17.5 Å². The maximum atomic E-state index is 12.9. The molecule has 10 heteroatoms. The standard InChI is InChI=1S/C23H19N3O7/c1-32-21(27)14-24-22(28)15-7-9-16(10-8-15)25-23(29)19-13-17(26(30)31)11-12-20(19)33-18-5-3-2-4-6-18/h2-13H,14H2,1H3,(H,24,28)(H,25,29). The molecule has 0 heterocycles. The van der Waals surface area contributed by atoms with E-state index >= 15 is 0 Å². The highest BCUT2D eigenvalue weighted by Gasteiger charge is 2.19. The van der Waals surface area contributed by atoms with E-state index in [-0.39, 0.29) is 29.1 Å². The van der Waals surface area contributed by atoms with Crippen molar-refractivity contribution >= 4 is 29.2 Å². The first-order valence-electron chi connectivity index (χ1n) is 9.65. The lowest BCUT2D eigenvalue weighted by Crippen LogP contribution is -2.30. The SMILES string of the molecule is COC(=O)CNC(=O)c1ccc(NC(=O)c2cc([N+](=O)[O-])ccc2Oc2ccccc2)cc1. The molecule has 0 aliphatic heterocycles. The Kier molecular flexibility index (Phi) is 7.32. The molecule has 0 saturated heterocycles. The summed E-state index contributed by atoms with van der Waals surface area (Å²) in [6, 6.07) is 18.3. The van der Waals surface area contributed by atoms with Crippen molar-refractivity contribution < 1.29 is 28.8 Å². The summed E-state index contributed by atoms with van der Waals surface area (Å²) in [7, 11) is 1.21. The first-order valence-corrected chi connectivity index (χ1v) is 9.65. The van der Waals surface area contributed by atoms with E-state index in [4.69, 9.17) is 4.74 Å². The minimum Gasteiger partial charge on any atom is -0.468 e. The number of anilines is 1. The van der Waals surface area contributed by atoms with Crippen LogP contribution in [-0.4, -0.2) is 36.4 Å². The number of nitrogens with one attached hydrogen (secondary N) is 2. The van der Waals surface area contributed by atoms with Crippen LogP contribution in [0.2, 0.25) is 0 Å². The Labute approximate surface area is 188 Å². The van der Waals surface area contributed by atoms with Gasteiger partial charge in [-0.15, -0.1) is 0 Å². The van der Waals surface area contributed by atoms with Gasteiger partial charge in [0.2, 0.25) is 0 Å². The fraction of sp³-hybridized carbons (Fsp3) is 0.0870. The third kappa shape index (κ3) is 6.14. The van der Waals surface area contributed by atoms with Crippen molar-refractivity contribution in [3.63, 3.8) is 0 Å². The van der Waals surface area contributed by atoms with Crippen molar-refractivity contribution in [2.24, 2.45) is 0 Å². The monoisotopic (exact) mass is 449 g/mol. The zero-order chi connectivity index (χ0) is 23.8. The van der Waals surface area contributed by atoms with Crippen molar-refractivity contribution in [3.05, 3.63) is 94.0 Å². The van der Waals surface area contributed by atoms with E-state index in [1.54, 1.807) is 30.3 Å². The molecule has 0 atom stereocenters. The maximum absolute atomic E-state index is 12.9. The van der Waals surface area contributed by atoms with Gasteiger partial charge in [-0.25, -0.2) is 0 Å². The average molecular weight is 449 g/mol. The predicted octanol–water partition coefficient (Wildman–Crippen LogP) is 3.54. The summed E-state index contributed by atoms with van der Waals surface area (Å²) in [6.07, 6.45) is 0. The fourth-order valence-corrected chi connectivity index (χ4v) is 2.74. The third-order valence-corrected chi connectivity index (χ3v) is 4.42. The smallest absolute Gasteiger partial charge is 0.325 e. The number of benzene rings is 3. The number of nitrogens with zero attached hydrogens (tertiary/aromatic N) is 1. The summed E-state index contributed by atoms with van der Waals surface area (Å²) in [6.45, 7) is -0.273. The number of rotatable bonds is 8. The molecule has 168 valence electrons. The maximum Gasteiger partial charge on any atom is 0.325 e. The van der Waals surface area contributed by atoms with Gasteiger partial charge in [-0.05, 0) is 42.5 Å². The number of non-ortho nitro benzene ring substituents is 1. The summed E-state index contributed by atoms with van der Waals surface area (Å²) in [5, 5.41) is 16.2. The normalized spacial score (nSPS) is 10.1. The van der Waals surface area contributed by atoms with E-state index in [2.05, 4.69) is 15.4 Å². The number of para-hydroxylation sites is 1. The molecule has 3 aromatic carbocycles. The van der Waals surface area contributed by atoms with Gasteiger partial charge in [-0.1, -0.05) is 18.2 Å². The topological polar surface area (TPSA) is 137 Å². The number of hydrogen-bond donors (Lipinski definition) is 2. The lowest BCUT2D eigenvalue weighted by Gasteiger charge is -2.12. The van der Waals surface area contributed by atoms with Crippen LogP contribution in [0, 0.1) is 10.1 Å². The molecule has 0 aromatic heterocycles. The number of hydrogen-bond acceptors (Lipinski definition) is 7. The van der Waals surface area contributed by atoms with Crippen LogP contribution >= 0.6 is 0 Å². The first kappa shape index (κ1) is 22.9. The number of methoxy groups -OCH3 is 1. The molecule has 0 unspecified atom stereocenters. The number of nitro groups is 1. The molecule has 0 aliphatic rings. The van der Waals surface area contributed by atoms with Gasteiger partial charge in [0.15, 0.2) is 0 Å². The highest BCUT2D eigenvalue weighted by molar-refractivity contribution is 6.07. The average Bonchev–Trinajstić information content (AvgIpc) is 2.83. The molecule has 0 bridgehead atoms. The van der Waals surface area contributed by atoms with Crippen LogP contribution in [0.3, 0.4) is 0 Å². The minimum atomic E-state index is -0.632. The van der Waals surface area contributed by atoms with Crippen LogP contribution in [0.15, 0.2) is 72.8 Å². The van der Waals surface area contributed by atoms with Gasteiger partial charge < -0.3 is 20.1 Å². The van der Waals surface area contributed by atoms with Crippen LogP contribution in [0.1, 0.15) is 20.7 Å². The van der Waals surface area contributed by atoms with Crippen LogP contribution in [0.25, 0.3) is 0 Å². The molecule has 0 aliphatic carbocycles. The number of amides is 2. The second kappa shape index (κ2) is 10.5. The summed E-state index contributed by atoms with van der Waals surface area (Å²) in [5.74, 6) is -1.11. The minimum absolute atomic E-state index is 0.0343. The molecule has 0 saturated carbocycles. The molecule has 3 aromatic rings. The van der Waals surface area contributed by atoms with Crippen LogP contribution in [0.5, 0.6) is 11.5 Å². The largest absolute Gasteiger partial charge is 0.468 e. The summed E-state index contributed by atoms with van der Waals surface area (Å²) >= 11 is 0. The number of carbonyl (C=O) groups excluding carboxylic acids is 3. The number of ether oxygens (including phenoxy) is 2. The van der Waals surface area contributed by atoms with Crippen LogP contribution in [0.4, 0.5) is 11.4 Å². The highest BCUT2D eigenvalue weighted by Crippen LogP contribution is 2.29. The van der Waals surface area contributed by atoms with Crippen molar-refractivity contribution in [1.29, 1.82) is 0 Å². The highest BCUT2D eigenvalue weighted by atomic mass is 16.6. The Morgan fingerprint density at radius 3 is 2.27 bits per heavy atom. The molecule has 3 rings (SSSR count). The molecule has 2 N–H and O–H groups in total. The summed E-state index contributed by atoms with van der Waals surface area (Å²) in [4.78, 5) is 46.6. The molecule has 0 spiro atoms. The quantitative estimate of drug-likeness (QED) is 0.305. The predicted molar refractivity (Wildman–Crippen MR) is 118 cm³/mol.